The number of benzene rings is 1. The minimum Gasteiger partial charge on any atom is -0.494 e. The molecule has 1 aliphatic rings. The van der Waals surface area contributed by atoms with Crippen LogP contribution in [0.5, 0.6) is 5.75 Å². The largest absolute Gasteiger partial charge is 0.494 e. The first-order valence-electron chi connectivity index (χ1n) is 8.04. The van der Waals surface area contributed by atoms with E-state index in [0.29, 0.717) is 10.7 Å². The molecule has 4 nitrogen and oxygen atoms in total. The van der Waals surface area contributed by atoms with Crippen LogP contribution >= 0.6 is 12.2 Å². The molecule has 1 fully saturated rings. The van der Waals surface area contributed by atoms with Gasteiger partial charge in [-0.3, -0.25) is 10.1 Å². The van der Waals surface area contributed by atoms with E-state index >= 15 is 0 Å². The molecule has 1 aromatic carbocycles. The molecule has 0 spiro atoms. The molecule has 2 rings (SSSR count). The molecule has 120 valence electrons. The number of carbonyl (C=O) groups is 1. The number of likely N-dealkylation sites (tertiary alicyclic amines) is 1. The predicted molar refractivity (Wildman–Crippen MR) is 92.3 cm³/mol. The summed E-state index contributed by atoms with van der Waals surface area (Å²) in [5.74, 6) is 0.643. The van der Waals surface area contributed by atoms with Gasteiger partial charge < -0.3 is 9.64 Å². The lowest BCUT2D eigenvalue weighted by Crippen LogP contribution is -2.41. The molecule has 0 saturated carbocycles. The van der Waals surface area contributed by atoms with Crippen molar-refractivity contribution >= 4 is 23.2 Å². The van der Waals surface area contributed by atoms with Crippen molar-refractivity contribution in [2.75, 3.05) is 19.7 Å². The van der Waals surface area contributed by atoms with E-state index in [1.165, 1.54) is 12.8 Å². The Kier molecular flexibility index (Phi) is 6.65. The lowest BCUT2D eigenvalue weighted by molar-refractivity contribution is 0.0974. The Balaban J connectivity index is 1.81. The summed E-state index contributed by atoms with van der Waals surface area (Å²) in [6.07, 6.45) is 5.69. The fourth-order valence-corrected chi connectivity index (χ4v) is 2.69. The summed E-state index contributed by atoms with van der Waals surface area (Å²) < 4.78 is 5.64. The monoisotopic (exact) mass is 320 g/mol. The van der Waals surface area contributed by atoms with Crippen molar-refractivity contribution in [3.05, 3.63) is 29.8 Å². The van der Waals surface area contributed by atoms with E-state index in [1.807, 2.05) is 17.0 Å². The maximum absolute atomic E-state index is 12.2. The number of thiocarbonyl (C=S) groups is 1. The maximum atomic E-state index is 12.2. The van der Waals surface area contributed by atoms with Crippen molar-refractivity contribution in [3.8, 4) is 5.75 Å². The van der Waals surface area contributed by atoms with Crippen molar-refractivity contribution in [2.45, 2.75) is 39.0 Å². The van der Waals surface area contributed by atoms with Gasteiger partial charge in [-0.1, -0.05) is 19.8 Å². The Bertz CT molecular complexity index is 496. The molecule has 1 N–H and O–H groups in total. The smallest absolute Gasteiger partial charge is 0.257 e. The van der Waals surface area contributed by atoms with Gasteiger partial charge in [-0.25, -0.2) is 0 Å². The van der Waals surface area contributed by atoms with E-state index in [1.54, 1.807) is 12.1 Å². The summed E-state index contributed by atoms with van der Waals surface area (Å²) in [4.78, 5) is 14.2. The summed E-state index contributed by atoms with van der Waals surface area (Å²) in [5, 5.41) is 3.33. The van der Waals surface area contributed by atoms with Crippen molar-refractivity contribution in [1.82, 2.24) is 10.2 Å². The summed E-state index contributed by atoms with van der Waals surface area (Å²) in [6, 6.07) is 7.22. The van der Waals surface area contributed by atoms with Crippen LogP contribution in [0.3, 0.4) is 0 Å². The topological polar surface area (TPSA) is 41.6 Å². The lowest BCUT2D eigenvalue weighted by Gasteiger charge is -2.18. The molecule has 22 heavy (non-hydrogen) atoms. The molecule has 1 aromatic rings. The Morgan fingerprint density at radius 3 is 2.55 bits per heavy atom. The summed E-state index contributed by atoms with van der Waals surface area (Å²) in [7, 11) is 0. The SMILES string of the molecule is CCCCCOc1ccc(C(=O)NC(=S)N2CCCC2)cc1. The molecule has 0 radical (unpaired) electrons. The second kappa shape index (κ2) is 8.73. The predicted octanol–water partition coefficient (Wildman–Crippen LogP) is 3.37. The zero-order chi connectivity index (χ0) is 15.8. The fraction of sp³-hybridized carbons (Fsp3) is 0.529. The van der Waals surface area contributed by atoms with E-state index in [2.05, 4.69) is 12.2 Å². The first-order chi connectivity index (χ1) is 10.7. The van der Waals surface area contributed by atoms with E-state index in [9.17, 15) is 4.79 Å². The van der Waals surface area contributed by atoms with Crippen molar-refractivity contribution < 1.29 is 9.53 Å². The van der Waals surface area contributed by atoms with E-state index in [0.717, 1.165) is 44.7 Å². The molecule has 5 heteroatoms. The molecular weight excluding hydrogens is 296 g/mol. The number of ether oxygens (including phenoxy) is 1. The summed E-state index contributed by atoms with van der Waals surface area (Å²) >= 11 is 5.27. The zero-order valence-electron chi connectivity index (χ0n) is 13.1. The molecule has 1 amide bonds. The van der Waals surface area contributed by atoms with Crippen molar-refractivity contribution in [3.63, 3.8) is 0 Å². The fourth-order valence-electron chi connectivity index (χ4n) is 2.41. The molecule has 1 heterocycles. The van der Waals surface area contributed by atoms with Gasteiger partial charge in [0.2, 0.25) is 0 Å². The normalized spacial score (nSPS) is 14.0. The van der Waals surface area contributed by atoms with Crippen LogP contribution in [-0.2, 0) is 0 Å². The number of nitrogens with one attached hydrogen (secondary N) is 1. The molecule has 1 aliphatic heterocycles. The van der Waals surface area contributed by atoms with Gasteiger partial charge in [0.1, 0.15) is 5.75 Å². The quantitative estimate of drug-likeness (QED) is 0.644. The zero-order valence-corrected chi connectivity index (χ0v) is 14.0. The molecule has 0 atom stereocenters. The standard InChI is InChI=1S/C17H24N2O2S/c1-2-3-6-13-21-15-9-7-14(8-10-15)16(20)18-17(22)19-11-4-5-12-19/h7-10H,2-6,11-13H2,1H3,(H,18,20,22). The molecule has 0 unspecified atom stereocenters. The third kappa shape index (κ3) is 4.98. The molecule has 1 saturated heterocycles. The van der Waals surface area contributed by atoms with Crippen molar-refractivity contribution in [1.29, 1.82) is 0 Å². The van der Waals surface area contributed by atoms with Gasteiger partial charge in [-0.15, -0.1) is 0 Å². The molecular formula is C17H24N2O2S. The first kappa shape index (κ1) is 16.7. The summed E-state index contributed by atoms with van der Waals surface area (Å²) in [5.41, 5.74) is 0.599. The highest BCUT2D eigenvalue weighted by atomic mass is 32.1. The number of nitrogens with zero attached hydrogens (tertiary/aromatic N) is 1. The van der Waals surface area contributed by atoms with Crippen LogP contribution in [0.25, 0.3) is 0 Å². The van der Waals surface area contributed by atoms with Gasteiger partial charge in [0.05, 0.1) is 6.61 Å². The van der Waals surface area contributed by atoms with Crippen LogP contribution in [-0.4, -0.2) is 35.6 Å². The second-order valence-electron chi connectivity index (χ2n) is 5.53. The van der Waals surface area contributed by atoms with Gasteiger partial charge in [-0.2, -0.15) is 0 Å². The number of unbranched alkanes of at least 4 members (excludes halogenated alkanes) is 2. The highest BCUT2D eigenvalue weighted by Crippen LogP contribution is 2.13. The average molecular weight is 320 g/mol. The first-order valence-corrected chi connectivity index (χ1v) is 8.44. The van der Waals surface area contributed by atoms with E-state index in [-0.39, 0.29) is 5.91 Å². The molecule has 0 aromatic heterocycles. The highest BCUT2D eigenvalue weighted by molar-refractivity contribution is 7.80. The number of rotatable bonds is 6. The van der Waals surface area contributed by atoms with E-state index < -0.39 is 0 Å². The number of carbonyl (C=O) groups excluding carboxylic acids is 1. The Hall–Kier alpha value is -1.62. The minimum absolute atomic E-state index is 0.158. The van der Waals surface area contributed by atoms with E-state index in [4.69, 9.17) is 17.0 Å². The minimum atomic E-state index is -0.158. The number of hydrogen-bond acceptors (Lipinski definition) is 3. The Labute approximate surface area is 137 Å². The van der Waals surface area contributed by atoms with Crippen LogP contribution in [0, 0.1) is 0 Å². The van der Waals surface area contributed by atoms with Gasteiger partial charge in [0, 0.05) is 18.7 Å². The van der Waals surface area contributed by atoms with Gasteiger partial charge in [0.15, 0.2) is 5.11 Å². The van der Waals surface area contributed by atoms with Crippen LogP contribution in [0.1, 0.15) is 49.4 Å². The lowest BCUT2D eigenvalue weighted by atomic mass is 10.2. The van der Waals surface area contributed by atoms with Crippen LogP contribution in [0.2, 0.25) is 0 Å². The molecule has 0 aliphatic carbocycles. The van der Waals surface area contributed by atoms with Crippen LogP contribution in [0.15, 0.2) is 24.3 Å². The Morgan fingerprint density at radius 1 is 1.23 bits per heavy atom. The third-order valence-electron chi connectivity index (χ3n) is 3.75. The van der Waals surface area contributed by atoms with Crippen molar-refractivity contribution in [2.24, 2.45) is 0 Å². The van der Waals surface area contributed by atoms with Gasteiger partial charge >= 0.3 is 0 Å². The van der Waals surface area contributed by atoms with Gasteiger partial charge in [-0.05, 0) is 55.7 Å². The maximum Gasteiger partial charge on any atom is 0.257 e. The number of hydrogen-bond donors (Lipinski definition) is 1. The highest BCUT2D eigenvalue weighted by Gasteiger charge is 2.17. The average Bonchev–Trinajstić information content (AvgIpc) is 3.06. The summed E-state index contributed by atoms with van der Waals surface area (Å²) in [6.45, 7) is 4.76. The second-order valence-corrected chi connectivity index (χ2v) is 5.92. The van der Waals surface area contributed by atoms with Crippen LogP contribution in [0.4, 0.5) is 0 Å². The van der Waals surface area contributed by atoms with Crippen LogP contribution < -0.4 is 10.1 Å². The Morgan fingerprint density at radius 2 is 1.91 bits per heavy atom. The molecule has 0 bridgehead atoms. The third-order valence-corrected chi connectivity index (χ3v) is 4.11. The number of amides is 1. The van der Waals surface area contributed by atoms with Gasteiger partial charge in [0.25, 0.3) is 5.91 Å².